The molecule has 4 aromatic rings. The molecular weight excluding hydrogens is 480 g/mol. The number of nitrogens with one attached hydrogen (secondary N) is 1. The van der Waals surface area contributed by atoms with Gasteiger partial charge in [0.1, 0.15) is 0 Å². The van der Waals surface area contributed by atoms with Gasteiger partial charge in [0.05, 0.1) is 22.5 Å². The second-order valence-corrected chi connectivity index (χ2v) is 8.84. The average molecular weight is 505 g/mol. The zero-order chi connectivity index (χ0) is 27.0. The van der Waals surface area contributed by atoms with Gasteiger partial charge in [0, 0.05) is 52.2 Å². The molecule has 6 rings (SSSR count). The summed E-state index contributed by atoms with van der Waals surface area (Å²) in [6, 6.07) is 22.0. The fourth-order valence-electron chi connectivity index (χ4n) is 4.73. The maximum Gasteiger partial charge on any atom is 0.196 e. The molecule has 0 saturated carbocycles. The highest BCUT2D eigenvalue weighted by Crippen LogP contribution is 2.34. The van der Waals surface area contributed by atoms with Gasteiger partial charge in [-0.15, -0.1) is 0 Å². The van der Waals surface area contributed by atoms with Crippen LogP contribution in [0.25, 0.3) is 0 Å². The number of rotatable bonds is 3. The summed E-state index contributed by atoms with van der Waals surface area (Å²) in [5, 5.41) is 3.11. The minimum atomic E-state index is -0.245. The first kappa shape index (κ1) is 24.6. The van der Waals surface area contributed by atoms with Gasteiger partial charge in [-0.1, -0.05) is 60.7 Å². The Labute approximate surface area is 218 Å². The lowest BCUT2D eigenvalue weighted by molar-refractivity contribution is 0.0979. The Bertz CT molecular complexity index is 1660. The second-order valence-electron chi connectivity index (χ2n) is 8.84. The van der Waals surface area contributed by atoms with E-state index in [1.165, 1.54) is 0 Å². The molecule has 0 unspecified atom stereocenters. The Morgan fingerprint density at radius 3 is 1.55 bits per heavy atom. The van der Waals surface area contributed by atoms with E-state index in [1.54, 1.807) is 78.9 Å². The van der Waals surface area contributed by atoms with Crippen LogP contribution < -0.4 is 22.5 Å². The quantitative estimate of drug-likeness (QED) is 0.267. The van der Waals surface area contributed by atoms with Gasteiger partial charge in [-0.25, -0.2) is 0 Å². The van der Waals surface area contributed by atoms with Crippen LogP contribution in [0.2, 0.25) is 0 Å². The lowest BCUT2D eigenvalue weighted by Crippen LogP contribution is -2.23. The molecule has 7 N–H and O–H groups in total. The molecule has 0 atom stereocenters. The number of carbonyl (C=O) groups is 4. The van der Waals surface area contributed by atoms with E-state index in [0.29, 0.717) is 63.4 Å². The molecular formula is C30H24N4O4. The highest BCUT2D eigenvalue weighted by molar-refractivity contribution is 6.31. The maximum absolute atomic E-state index is 12.6. The number of nitrogens with two attached hydrogens (primary N) is 3. The van der Waals surface area contributed by atoms with Crippen LogP contribution in [0.3, 0.4) is 0 Å². The van der Waals surface area contributed by atoms with E-state index in [2.05, 4.69) is 5.32 Å². The van der Waals surface area contributed by atoms with Crippen LogP contribution in [0.1, 0.15) is 63.7 Å². The first-order chi connectivity index (χ1) is 18.3. The van der Waals surface area contributed by atoms with Crippen LogP contribution in [0.15, 0.2) is 78.9 Å². The van der Waals surface area contributed by atoms with Crippen LogP contribution in [0, 0.1) is 0 Å². The lowest BCUT2D eigenvalue weighted by Gasteiger charge is -2.20. The Hall–Kier alpha value is -5.08. The Balaban J connectivity index is 0.000000156. The normalized spacial score (nSPS) is 13.0. The third-order valence-electron chi connectivity index (χ3n) is 6.58. The van der Waals surface area contributed by atoms with E-state index in [1.807, 2.05) is 0 Å². The van der Waals surface area contributed by atoms with Gasteiger partial charge < -0.3 is 22.5 Å². The predicted octanol–water partition coefficient (Wildman–Crippen LogP) is 3.46. The van der Waals surface area contributed by atoms with Gasteiger partial charge in [0.2, 0.25) is 0 Å². The number of hydrogen-bond donors (Lipinski definition) is 4. The molecule has 188 valence electrons. The summed E-state index contributed by atoms with van der Waals surface area (Å²) >= 11 is 0. The van der Waals surface area contributed by atoms with Crippen LogP contribution in [0.4, 0.5) is 17.1 Å². The van der Waals surface area contributed by atoms with Crippen LogP contribution in [-0.2, 0) is 0 Å². The maximum atomic E-state index is 12.6. The van der Waals surface area contributed by atoms with Gasteiger partial charge in [-0.2, -0.15) is 0 Å². The van der Waals surface area contributed by atoms with Gasteiger partial charge in [0.25, 0.3) is 0 Å². The predicted molar refractivity (Wildman–Crippen MR) is 146 cm³/mol. The number of hydrogen-bond acceptors (Lipinski definition) is 8. The van der Waals surface area contributed by atoms with E-state index in [4.69, 9.17) is 17.2 Å². The van der Waals surface area contributed by atoms with E-state index in [-0.39, 0.29) is 34.4 Å². The molecule has 0 heterocycles. The van der Waals surface area contributed by atoms with Gasteiger partial charge >= 0.3 is 0 Å². The highest BCUT2D eigenvalue weighted by Gasteiger charge is 2.32. The molecule has 0 aliphatic heterocycles. The molecule has 38 heavy (non-hydrogen) atoms. The smallest absolute Gasteiger partial charge is 0.196 e. The molecule has 4 aromatic carbocycles. The monoisotopic (exact) mass is 504 g/mol. The zero-order valence-electron chi connectivity index (χ0n) is 20.3. The number of fused-ring (bicyclic) bond motifs is 4. The van der Waals surface area contributed by atoms with Crippen LogP contribution in [0.5, 0.6) is 0 Å². The van der Waals surface area contributed by atoms with Crippen molar-refractivity contribution in [2.24, 2.45) is 5.73 Å². The molecule has 0 spiro atoms. The van der Waals surface area contributed by atoms with Crippen molar-refractivity contribution >= 4 is 40.2 Å². The van der Waals surface area contributed by atoms with E-state index in [9.17, 15) is 19.2 Å². The van der Waals surface area contributed by atoms with Crippen molar-refractivity contribution in [1.82, 2.24) is 0 Å². The molecule has 0 bridgehead atoms. The number of carbonyl (C=O) groups excluding carboxylic acids is 4. The van der Waals surface area contributed by atoms with Crippen molar-refractivity contribution in [3.05, 3.63) is 123 Å². The third-order valence-corrected chi connectivity index (χ3v) is 6.58. The highest BCUT2D eigenvalue weighted by atomic mass is 16.1. The summed E-state index contributed by atoms with van der Waals surface area (Å²) in [4.78, 5) is 49.7. The fourth-order valence-corrected chi connectivity index (χ4v) is 4.73. The van der Waals surface area contributed by atoms with Crippen molar-refractivity contribution in [3.63, 3.8) is 0 Å². The van der Waals surface area contributed by atoms with Gasteiger partial charge in [-0.05, 0) is 18.2 Å². The molecule has 0 fully saturated rings. The first-order valence-corrected chi connectivity index (χ1v) is 12.0. The fraction of sp³-hybridized carbons (Fsp3) is 0.0667. The van der Waals surface area contributed by atoms with Crippen molar-refractivity contribution in [3.8, 4) is 0 Å². The summed E-state index contributed by atoms with van der Waals surface area (Å²) in [7, 11) is 0. The van der Waals surface area contributed by atoms with E-state index in [0.717, 1.165) is 0 Å². The third kappa shape index (κ3) is 3.93. The second kappa shape index (κ2) is 9.76. The Morgan fingerprint density at radius 1 is 0.526 bits per heavy atom. The van der Waals surface area contributed by atoms with Gasteiger partial charge in [-0.3, -0.25) is 19.2 Å². The summed E-state index contributed by atoms with van der Waals surface area (Å²) in [5.41, 5.74) is 21.3. The molecule has 2 aliphatic rings. The van der Waals surface area contributed by atoms with Crippen molar-refractivity contribution < 1.29 is 19.2 Å². The molecule has 2 aliphatic carbocycles. The lowest BCUT2D eigenvalue weighted by atomic mass is 9.83. The summed E-state index contributed by atoms with van der Waals surface area (Å²) in [5.74, 6) is -0.654. The van der Waals surface area contributed by atoms with Crippen molar-refractivity contribution in [2.75, 3.05) is 29.9 Å². The number of ketones is 4. The Morgan fingerprint density at radius 2 is 1.00 bits per heavy atom. The topological polar surface area (TPSA) is 158 Å². The van der Waals surface area contributed by atoms with Crippen LogP contribution >= 0.6 is 0 Å². The molecule has 0 amide bonds. The minimum Gasteiger partial charge on any atom is -0.397 e. The van der Waals surface area contributed by atoms with Crippen LogP contribution in [-0.4, -0.2) is 36.2 Å². The van der Waals surface area contributed by atoms with Crippen molar-refractivity contribution in [2.45, 2.75) is 0 Å². The van der Waals surface area contributed by atoms with Crippen molar-refractivity contribution in [1.29, 1.82) is 0 Å². The molecule has 0 radical (unpaired) electrons. The SMILES string of the molecule is NCCNc1cccc2c1C(=O)c1ccccc1C2=O.Nc1ccc2c(c1N)C(=O)c1ccccc1C2=O. The summed E-state index contributed by atoms with van der Waals surface area (Å²) < 4.78 is 0. The Kier molecular flexibility index (Phi) is 6.32. The molecule has 0 saturated heterocycles. The van der Waals surface area contributed by atoms with E-state index >= 15 is 0 Å². The largest absolute Gasteiger partial charge is 0.397 e. The van der Waals surface area contributed by atoms with Gasteiger partial charge in [0.15, 0.2) is 23.1 Å². The summed E-state index contributed by atoms with van der Waals surface area (Å²) in [6.45, 7) is 1.02. The zero-order valence-corrected chi connectivity index (χ0v) is 20.3. The molecule has 0 aromatic heterocycles. The minimum absolute atomic E-state index is 0.105. The summed E-state index contributed by atoms with van der Waals surface area (Å²) in [6.07, 6.45) is 0. The first-order valence-electron chi connectivity index (χ1n) is 12.0. The average Bonchev–Trinajstić information content (AvgIpc) is 2.95. The van der Waals surface area contributed by atoms with E-state index < -0.39 is 0 Å². The number of nitrogen functional groups attached to an aromatic ring is 2. The number of anilines is 3. The standard InChI is InChI=1S/C16H14N2O2.C14H10N2O2/c17-8-9-18-13-7-3-6-12-14(13)16(20)11-5-2-1-4-10(11)15(12)19;15-10-6-5-9-11(12(10)16)14(18)8-4-2-1-3-7(8)13(9)17/h1-7,18H,8-9,17H2;1-6H,15-16H2. The molecule has 8 nitrogen and oxygen atoms in total. The number of benzene rings is 4. The molecule has 8 heteroatoms.